The number of fused-ring (bicyclic) bond motifs is 1. The summed E-state index contributed by atoms with van der Waals surface area (Å²) in [6.07, 6.45) is 0. The lowest BCUT2D eigenvalue weighted by atomic mass is 10.2. The van der Waals surface area contributed by atoms with E-state index in [1.54, 1.807) is 44.3 Å². The highest BCUT2D eigenvalue weighted by molar-refractivity contribution is 7.89. The largest absolute Gasteiger partial charge is 0.419 e. The van der Waals surface area contributed by atoms with Gasteiger partial charge < -0.3 is 4.42 Å². The smallest absolute Gasteiger partial charge is 0.408 e. The van der Waals surface area contributed by atoms with E-state index in [0.717, 1.165) is 5.56 Å². The predicted octanol–water partition coefficient (Wildman–Crippen LogP) is 2.23. The zero-order chi connectivity index (χ0) is 17.5. The molecule has 0 aliphatic heterocycles. The average Bonchev–Trinajstić information content (AvgIpc) is 2.82. The molecule has 0 fully saturated rings. The normalized spacial score (nSPS) is 12.0. The third-order valence-corrected chi connectivity index (χ3v) is 5.50. The van der Waals surface area contributed by atoms with Gasteiger partial charge in [-0.15, -0.1) is 0 Å². The fourth-order valence-electron chi connectivity index (χ4n) is 2.54. The summed E-state index contributed by atoms with van der Waals surface area (Å²) < 4.78 is 34.1. The van der Waals surface area contributed by atoms with E-state index in [-0.39, 0.29) is 11.4 Å². The molecule has 0 unspecified atom stereocenters. The molecule has 0 aliphatic carbocycles. The summed E-state index contributed by atoms with van der Waals surface area (Å²) in [6, 6.07) is 10.5. The van der Waals surface area contributed by atoms with Gasteiger partial charge in [-0.1, -0.05) is 18.2 Å². The van der Waals surface area contributed by atoms with E-state index in [9.17, 15) is 13.2 Å². The topological polar surface area (TPSA) is 81.3 Å². The number of rotatable bonds is 4. The van der Waals surface area contributed by atoms with Crippen molar-refractivity contribution in [2.75, 3.05) is 0 Å². The molecule has 0 aliphatic rings. The first kappa shape index (κ1) is 16.5. The Kier molecular flexibility index (Phi) is 4.06. The second-order valence-corrected chi connectivity index (χ2v) is 7.56. The quantitative estimate of drug-likeness (QED) is 0.785. The summed E-state index contributed by atoms with van der Waals surface area (Å²) in [5.74, 6) is -0.446. The van der Waals surface area contributed by atoms with Crippen molar-refractivity contribution in [3.63, 3.8) is 0 Å². The van der Waals surface area contributed by atoms with Crippen LogP contribution >= 0.6 is 0 Å². The van der Waals surface area contributed by atoms with Crippen molar-refractivity contribution in [2.24, 2.45) is 7.05 Å². The highest BCUT2D eigenvalue weighted by Crippen LogP contribution is 2.18. The van der Waals surface area contributed by atoms with E-state index in [4.69, 9.17) is 4.42 Å². The lowest BCUT2D eigenvalue weighted by molar-refractivity contribution is 0.527. The molecule has 1 N–H and O–H groups in total. The third kappa shape index (κ3) is 3.00. The van der Waals surface area contributed by atoms with Gasteiger partial charge in [-0.2, -0.15) is 0 Å². The second kappa shape index (κ2) is 5.92. The minimum absolute atomic E-state index is 0.115. The molecule has 2 aromatic carbocycles. The van der Waals surface area contributed by atoms with Gasteiger partial charge in [0.1, 0.15) is 0 Å². The van der Waals surface area contributed by atoms with Crippen LogP contribution in [0.25, 0.3) is 11.1 Å². The Morgan fingerprint density at radius 1 is 1.12 bits per heavy atom. The van der Waals surface area contributed by atoms with Crippen LogP contribution in [0.1, 0.15) is 16.7 Å². The van der Waals surface area contributed by atoms with Crippen molar-refractivity contribution in [1.82, 2.24) is 9.29 Å². The Labute approximate surface area is 139 Å². The zero-order valence-electron chi connectivity index (χ0n) is 13.7. The minimum Gasteiger partial charge on any atom is -0.408 e. The summed E-state index contributed by atoms with van der Waals surface area (Å²) in [5.41, 5.74) is 3.39. The Bertz CT molecular complexity index is 1080. The van der Waals surface area contributed by atoms with Crippen molar-refractivity contribution < 1.29 is 12.8 Å². The molecule has 0 bridgehead atoms. The Balaban J connectivity index is 1.87. The summed E-state index contributed by atoms with van der Waals surface area (Å²) in [6.45, 7) is 3.73. The van der Waals surface area contributed by atoms with Crippen molar-refractivity contribution in [1.29, 1.82) is 0 Å². The molecule has 3 aromatic rings. The molecule has 7 heteroatoms. The molecular formula is C17H18N2O4S. The predicted molar refractivity (Wildman–Crippen MR) is 91.4 cm³/mol. The molecule has 0 spiro atoms. The number of benzene rings is 2. The fourth-order valence-corrected chi connectivity index (χ4v) is 3.89. The summed E-state index contributed by atoms with van der Waals surface area (Å²) in [7, 11) is -1.99. The molecule has 0 radical (unpaired) electrons. The maximum atomic E-state index is 12.5. The first-order chi connectivity index (χ1) is 11.3. The number of hydrogen-bond donors (Lipinski definition) is 1. The van der Waals surface area contributed by atoms with Crippen LogP contribution in [-0.2, 0) is 23.6 Å². The first-order valence-corrected chi connectivity index (χ1v) is 8.91. The van der Waals surface area contributed by atoms with Crippen LogP contribution in [-0.4, -0.2) is 13.0 Å². The second-order valence-electron chi connectivity index (χ2n) is 5.82. The van der Waals surface area contributed by atoms with Crippen LogP contribution in [0.2, 0.25) is 0 Å². The van der Waals surface area contributed by atoms with Crippen LogP contribution in [0, 0.1) is 13.8 Å². The number of nitrogens with zero attached hydrogens (tertiary/aromatic N) is 1. The molecule has 1 heterocycles. The van der Waals surface area contributed by atoms with Crippen molar-refractivity contribution in [2.45, 2.75) is 25.3 Å². The van der Waals surface area contributed by atoms with E-state index in [1.807, 2.05) is 13.0 Å². The number of aryl methyl sites for hydroxylation is 3. The van der Waals surface area contributed by atoms with Crippen LogP contribution in [0.5, 0.6) is 0 Å². The standard InChI is InChI=1S/C17H18N2O4S/c1-11-4-5-12(2)16(8-11)24(21,22)18-10-13-6-7-14-15(9-13)23-17(20)19(14)3/h4-9,18H,10H2,1-3H3. The van der Waals surface area contributed by atoms with E-state index in [0.29, 0.717) is 22.2 Å². The first-order valence-electron chi connectivity index (χ1n) is 7.43. The van der Waals surface area contributed by atoms with Gasteiger partial charge >= 0.3 is 5.76 Å². The van der Waals surface area contributed by atoms with Gasteiger partial charge in [-0.25, -0.2) is 17.9 Å². The molecule has 0 atom stereocenters. The SMILES string of the molecule is Cc1ccc(C)c(S(=O)(=O)NCc2ccc3c(c2)oc(=O)n3C)c1. The molecular weight excluding hydrogens is 328 g/mol. The maximum Gasteiger partial charge on any atom is 0.419 e. The minimum atomic E-state index is -3.62. The number of sulfonamides is 1. The zero-order valence-corrected chi connectivity index (χ0v) is 14.5. The Morgan fingerprint density at radius 2 is 1.88 bits per heavy atom. The number of oxazole rings is 1. The lowest BCUT2D eigenvalue weighted by Gasteiger charge is -2.10. The molecule has 24 heavy (non-hydrogen) atoms. The van der Waals surface area contributed by atoms with Gasteiger partial charge in [0.25, 0.3) is 0 Å². The lowest BCUT2D eigenvalue weighted by Crippen LogP contribution is -2.24. The average molecular weight is 346 g/mol. The third-order valence-electron chi connectivity index (χ3n) is 3.96. The van der Waals surface area contributed by atoms with E-state index < -0.39 is 15.8 Å². The van der Waals surface area contributed by atoms with E-state index in [2.05, 4.69) is 4.72 Å². The number of hydrogen-bond acceptors (Lipinski definition) is 4. The highest BCUT2D eigenvalue weighted by atomic mass is 32.2. The van der Waals surface area contributed by atoms with Gasteiger partial charge in [-0.05, 0) is 48.7 Å². The number of aromatic nitrogens is 1. The maximum absolute atomic E-state index is 12.5. The molecule has 0 saturated carbocycles. The summed E-state index contributed by atoms with van der Waals surface area (Å²) in [5, 5.41) is 0. The van der Waals surface area contributed by atoms with Crippen molar-refractivity contribution in [3.8, 4) is 0 Å². The molecule has 3 rings (SSSR count). The van der Waals surface area contributed by atoms with Gasteiger partial charge in [-0.3, -0.25) is 4.57 Å². The Morgan fingerprint density at radius 3 is 2.62 bits per heavy atom. The highest BCUT2D eigenvalue weighted by Gasteiger charge is 2.17. The molecule has 126 valence electrons. The molecule has 0 saturated heterocycles. The van der Waals surface area contributed by atoms with Crippen molar-refractivity contribution >= 4 is 21.1 Å². The van der Waals surface area contributed by atoms with Crippen LogP contribution in [0.15, 0.2) is 50.5 Å². The van der Waals surface area contributed by atoms with Crippen molar-refractivity contribution in [3.05, 3.63) is 63.6 Å². The fraction of sp³-hybridized carbons (Fsp3) is 0.235. The number of nitrogens with one attached hydrogen (secondary N) is 1. The van der Waals surface area contributed by atoms with Gasteiger partial charge in [0.2, 0.25) is 10.0 Å². The van der Waals surface area contributed by atoms with Crippen LogP contribution in [0.4, 0.5) is 0 Å². The van der Waals surface area contributed by atoms with Crippen LogP contribution < -0.4 is 10.5 Å². The van der Waals surface area contributed by atoms with Gasteiger partial charge in [0.05, 0.1) is 10.4 Å². The van der Waals surface area contributed by atoms with E-state index >= 15 is 0 Å². The van der Waals surface area contributed by atoms with E-state index in [1.165, 1.54) is 4.57 Å². The molecule has 6 nitrogen and oxygen atoms in total. The van der Waals surface area contributed by atoms with Gasteiger partial charge in [0, 0.05) is 13.6 Å². The summed E-state index contributed by atoms with van der Waals surface area (Å²) in [4.78, 5) is 11.8. The summed E-state index contributed by atoms with van der Waals surface area (Å²) >= 11 is 0. The monoisotopic (exact) mass is 346 g/mol. The van der Waals surface area contributed by atoms with Crippen LogP contribution in [0.3, 0.4) is 0 Å². The molecule has 1 aromatic heterocycles. The van der Waals surface area contributed by atoms with Gasteiger partial charge in [0.15, 0.2) is 5.58 Å². The molecule has 0 amide bonds. The Hall–Kier alpha value is -2.38.